The third kappa shape index (κ3) is 4.10. The Kier molecular flexibility index (Phi) is 4.90. The predicted octanol–water partition coefficient (Wildman–Crippen LogP) is 4.57. The summed E-state index contributed by atoms with van der Waals surface area (Å²) in [6.07, 6.45) is 1.43. The summed E-state index contributed by atoms with van der Waals surface area (Å²) in [6, 6.07) is 12.8. The lowest BCUT2D eigenvalue weighted by Crippen LogP contribution is -2.15. The molecule has 0 saturated heterocycles. The monoisotopic (exact) mass is 356 g/mol. The van der Waals surface area contributed by atoms with Crippen molar-refractivity contribution in [2.45, 2.75) is 6.92 Å². The van der Waals surface area contributed by atoms with Crippen molar-refractivity contribution in [3.8, 4) is 0 Å². The molecule has 0 aliphatic carbocycles. The molecule has 3 aromatic rings. The van der Waals surface area contributed by atoms with Gasteiger partial charge in [0.05, 0.1) is 5.69 Å². The van der Waals surface area contributed by atoms with E-state index in [9.17, 15) is 9.18 Å². The van der Waals surface area contributed by atoms with E-state index in [-0.39, 0.29) is 17.3 Å². The van der Waals surface area contributed by atoms with E-state index in [2.05, 4.69) is 20.6 Å². The van der Waals surface area contributed by atoms with Gasteiger partial charge in [-0.3, -0.25) is 4.79 Å². The number of carbonyl (C=O) groups excluding carboxylic acids is 1. The molecule has 1 heterocycles. The van der Waals surface area contributed by atoms with E-state index >= 15 is 0 Å². The van der Waals surface area contributed by atoms with E-state index in [4.69, 9.17) is 11.6 Å². The fourth-order valence-electron chi connectivity index (χ4n) is 2.18. The molecule has 0 aliphatic heterocycles. The van der Waals surface area contributed by atoms with Gasteiger partial charge in [0.25, 0.3) is 5.91 Å². The number of para-hydroxylation sites is 1. The van der Waals surface area contributed by atoms with Crippen LogP contribution in [0, 0.1) is 12.7 Å². The maximum Gasteiger partial charge on any atom is 0.274 e. The minimum Gasteiger partial charge on any atom is -0.322 e. The molecular formula is C18H14ClFN4O. The SMILES string of the molecule is Cc1cc(Cl)ccc1NC(=O)c1ccnc(Nc2ccccc2F)n1. The van der Waals surface area contributed by atoms with Crippen molar-refractivity contribution in [3.63, 3.8) is 0 Å². The largest absolute Gasteiger partial charge is 0.322 e. The highest BCUT2D eigenvalue weighted by molar-refractivity contribution is 6.30. The summed E-state index contributed by atoms with van der Waals surface area (Å²) >= 11 is 5.91. The first-order valence-corrected chi connectivity index (χ1v) is 7.83. The number of anilines is 3. The zero-order chi connectivity index (χ0) is 17.8. The molecule has 1 amide bonds. The van der Waals surface area contributed by atoms with Crippen LogP contribution in [0.4, 0.5) is 21.7 Å². The molecule has 0 bridgehead atoms. The van der Waals surface area contributed by atoms with Crippen LogP contribution in [0.2, 0.25) is 5.02 Å². The van der Waals surface area contributed by atoms with Gasteiger partial charge in [-0.1, -0.05) is 23.7 Å². The van der Waals surface area contributed by atoms with Crippen LogP contribution in [-0.2, 0) is 0 Å². The number of carbonyl (C=O) groups is 1. The van der Waals surface area contributed by atoms with E-state index in [0.29, 0.717) is 10.7 Å². The number of hydrogen-bond acceptors (Lipinski definition) is 4. The van der Waals surface area contributed by atoms with Gasteiger partial charge in [0, 0.05) is 16.9 Å². The van der Waals surface area contributed by atoms with Gasteiger partial charge in [-0.15, -0.1) is 0 Å². The number of hydrogen-bond donors (Lipinski definition) is 2. The fourth-order valence-corrected chi connectivity index (χ4v) is 2.41. The minimum absolute atomic E-state index is 0.130. The van der Waals surface area contributed by atoms with Gasteiger partial charge >= 0.3 is 0 Å². The second-order valence-corrected chi connectivity index (χ2v) is 5.72. The topological polar surface area (TPSA) is 66.9 Å². The highest BCUT2D eigenvalue weighted by Gasteiger charge is 2.11. The number of rotatable bonds is 4. The maximum atomic E-state index is 13.7. The van der Waals surface area contributed by atoms with Crippen LogP contribution in [-0.4, -0.2) is 15.9 Å². The fraction of sp³-hybridized carbons (Fsp3) is 0.0556. The van der Waals surface area contributed by atoms with Crippen molar-refractivity contribution in [3.05, 3.63) is 76.8 Å². The Balaban J connectivity index is 1.79. The van der Waals surface area contributed by atoms with E-state index in [1.165, 1.54) is 18.3 Å². The standard InChI is InChI=1S/C18H14ClFN4O/c1-11-10-12(19)6-7-14(11)22-17(25)16-8-9-21-18(24-16)23-15-5-3-2-4-13(15)20/h2-10H,1H3,(H,22,25)(H,21,23,24). The molecular weight excluding hydrogens is 343 g/mol. The molecule has 0 radical (unpaired) electrons. The molecule has 0 atom stereocenters. The molecule has 7 heteroatoms. The summed E-state index contributed by atoms with van der Waals surface area (Å²) in [5.74, 6) is -0.701. The summed E-state index contributed by atoms with van der Waals surface area (Å²) in [6.45, 7) is 1.84. The Morgan fingerprint density at radius 1 is 1.12 bits per heavy atom. The summed E-state index contributed by atoms with van der Waals surface area (Å²) in [7, 11) is 0. The summed E-state index contributed by atoms with van der Waals surface area (Å²) in [4.78, 5) is 20.5. The third-order valence-electron chi connectivity index (χ3n) is 3.45. The Labute approximate surface area is 148 Å². The lowest BCUT2D eigenvalue weighted by Gasteiger charge is -2.09. The number of nitrogens with zero attached hydrogens (tertiary/aromatic N) is 2. The summed E-state index contributed by atoms with van der Waals surface area (Å²) in [5.41, 5.74) is 1.85. The third-order valence-corrected chi connectivity index (χ3v) is 3.68. The highest BCUT2D eigenvalue weighted by atomic mass is 35.5. The van der Waals surface area contributed by atoms with Gasteiger partial charge in [-0.2, -0.15) is 0 Å². The van der Waals surface area contributed by atoms with E-state index in [0.717, 1.165) is 5.56 Å². The number of halogens is 2. The van der Waals surface area contributed by atoms with Crippen LogP contribution in [0.15, 0.2) is 54.7 Å². The molecule has 126 valence electrons. The van der Waals surface area contributed by atoms with Gasteiger partial charge in [0.1, 0.15) is 11.5 Å². The normalized spacial score (nSPS) is 10.4. The van der Waals surface area contributed by atoms with Crippen LogP contribution >= 0.6 is 11.6 Å². The van der Waals surface area contributed by atoms with Crippen molar-refractivity contribution in [1.82, 2.24) is 9.97 Å². The van der Waals surface area contributed by atoms with Crippen LogP contribution in [0.5, 0.6) is 0 Å². The summed E-state index contributed by atoms with van der Waals surface area (Å²) < 4.78 is 13.7. The zero-order valence-corrected chi connectivity index (χ0v) is 14.0. The van der Waals surface area contributed by atoms with E-state index in [1.807, 2.05) is 6.92 Å². The van der Waals surface area contributed by atoms with Crippen LogP contribution < -0.4 is 10.6 Å². The molecule has 0 spiro atoms. The number of benzene rings is 2. The molecule has 0 fully saturated rings. The molecule has 2 N–H and O–H groups in total. The molecule has 0 aliphatic rings. The Morgan fingerprint density at radius 2 is 1.92 bits per heavy atom. The van der Waals surface area contributed by atoms with Crippen LogP contribution in [0.3, 0.4) is 0 Å². The minimum atomic E-state index is -0.433. The van der Waals surface area contributed by atoms with Crippen molar-refractivity contribution < 1.29 is 9.18 Å². The maximum absolute atomic E-state index is 13.7. The number of nitrogens with one attached hydrogen (secondary N) is 2. The first kappa shape index (κ1) is 16.9. The Bertz CT molecular complexity index is 932. The lowest BCUT2D eigenvalue weighted by atomic mass is 10.2. The van der Waals surface area contributed by atoms with Gasteiger partial charge in [-0.05, 0) is 48.9 Å². The quantitative estimate of drug-likeness (QED) is 0.718. The second kappa shape index (κ2) is 7.27. The zero-order valence-electron chi connectivity index (χ0n) is 13.3. The van der Waals surface area contributed by atoms with Gasteiger partial charge < -0.3 is 10.6 Å². The molecule has 25 heavy (non-hydrogen) atoms. The van der Waals surface area contributed by atoms with Crippen molar-refractivity contribution in [2.24, 2.45) is 0 Å². The van der Waals surface area contributed by atoms with Crippen LogP contribution in [0.25, 0.3) is 0 Å². The molecule has 0 unspecified atom stereocenters. The predicted molar refractivity (Wildman–Crippen MR) is 95.9 cm³/mol. The molecule has 0 saturated carbocycles. The van der Waals surface area contributed by atoms with Gasteiger partial charge in [0.15, 0.2) is 0 Å². The first-order valence-electron chi connectivity index (χ1n) is 7.45. The van der Waals surface area contributed by atoms with E-state index < -0.39 is 11.7 Å². The second-order valence-electron chi connectivity index (χ2n) is 5.28. The Hall–Kier alpha value is -2.99. The molecule has 1 aromatic heterocycles. The van der Waals surface area contributed by atoms with Crippen molar-refractivity contribution in [2.75, 3.05) is 10.6 Å². The molecule has 2 aromatic carbocycles. The number of aryl methyl sites for hydroxylation is 1. The van der Waals surface area contributed by atoms with Crippen molar-refractivity contribution in [1.29, 1.82) is 0 Å². The van der Waals surface area contributed by atoms with Crippen molar-refractivity contribution >= 4 is 34.8 Å². The van der Waals surface area contributed by atoms with E-state index in [1.54, 1.807) is 36.4 Å². The van der Waals surface area contributed by atoms with Gasteiger partial charge in [-0.25, -0.2) is 14.4 Å². The number of aromatic nitrogens is 2. The highest BCUT2D eigenvalue weighted by Crippen LogP contribution is 2.20. The molecule has 5 nitrogen and oxygen atoms in total. The smallest absolute Gasteiger partial charge is 0.274 e. The number of amides is 1. The average molecular weight is 357 g/mol. The average Bonchev–Trinajstić information content (AvgIpc) is 2.60. The first-order chi connectivity index (χ1) is 12.0. The lowest BCUT2D eigenvalue weighted by molar-refractivity contribution is 0.102. The van der Waals surface area contributed by atoms with Gasteiger partial charge in [0.2, 0.25) is 5.95 Å². The summed E-state index contributed by atoms with van der Waals surface area (Å²) in [5, 5.41) is 6.11. The molecule has 3 rings (SSSR count). The Morgan fingerprint density at radius 3 is 2.68 bits per heavy atom. The van der Waals surface area contributed by atoms with Crippen LogP contribution in [0.1, 0.15) is 16.1 Å².